The Kier molecular flexibility index (Phi) is 4.59. The minimum absolute atomic E-state index is 0.573. The summed E-state index contributed by atoms with van der Waals surface area (Å²) in [5, 5.41) is 9.83. The van der Waals surface area contributed by atoms with E-state index in [0.717, 1.165) is 22.0 Å². The van der Waals surface area contributed by atoms with Crippen molar-refractivity contribution in [2.75, 3.05) is 13.2 Å². The molecule has 104 valence electrons. The zero-order chi connectivity index (χ0) is 14.5. The molecule has 0 aliphatic rings. The average Bonchev–Trinajstić information content (AvgIpc) is 2.82. The number of nitriles is 1. The van der Waals surface area contributed by atoms with Crippen LogP contribution in [-0.2, 0) is 0 Å². The maximum Gasteiger partial charge on any atom is 0.161 e. The Morgan fingerprint density at radius 1 is 1.20 bits per heavy atom. The number of benzene rings is 1. The standard InChI is InChI=1S/C15H16N2O2S/c1-4-18-12-7-6-11(8-13(12)19-5-2)15-17-10(3)14(9-16)20-15/h6-8H,4-5H2,1-3H3. The molecular weight excluding hydrogens is 272 g/mol. The number of hydrogen-bond donors (Lipinski definition) is 0. The second kappa shape index (κ2) is 6.40. The van der Waals surface area contributed by atoms with Crippen LogP contribution in [0.5, 0.6) is 11.5 Å². The number of nitrogens with zero attached hydrogens (tertiary/aromatic N) is 2. The molecule has 0 fully saturated rings. The summed E-state index contributed by atoms with van der Waals surface area (Å²) in [7, 11) is 0. The van der Waals surface area contributed by atoms with Gasteiger partial charge in [-0.1, -0.05) is 0 Å². The molecule has 0 aliphatic carbocycles. The van der Waals surface area contributed by atoms with E-state index >= 15 is 0 Å². The van der Waals surface area contributed by atoms with Gasteiger partial charge < -0.3 is 9.47 Å². The number of hydrogen-bond acceptors (Lipinski definition) is 5. The van der Waals surface area contributed by atoms with Gasteiger partial charge in [0.25, 0.3) is 0 Å². The van der Waals surface area contributed by atoms with Gasteiger partial charge in [-0.2, -0.15) is 5.26 Å². The van der Waals surface area contributed by atoms with Crippen molar-refractivity contribution in [1.29, 1.82) is 5.26 Å². The summed E-state index contributed by atoms with van der Waals surface area (Å²) in [6, 6.07) is 7.89. The lowest BCUT2D eigenvalue weighted by Crippen LogP contribution is -1.98. The van der Waals surface area contributed by atoms with Gasteiger partial charge in [0.05, 0.1) is 18.9 Å². The fourth-order valence-corrected chi connectivity index (χ4v) is 2.67. The number of thiazole rings is 1. The third kappa shape index (κ3) is 2.91. The van der Waals surface area contributed by atoms with Crippen molar-refractivity contribution in [2.45, 2.75) is 20.8 Å². The zero-order valence-electron chi connectivity index (χ0n) is 11.8. The van der Waals surface area contributed by atoms with Gasteiger partial charge in [0.1, 0.15) is 16.0 Å². The summed E-state index contributed by atoms with van der Waals surface area (Å²) >= 11 is 1.39. The third-order valence-corrected chi connectivity index (χ3v) is 3.80. The van der Waals surface area contributed by atoms with Crippen LogP contribution in [-0.4, -0.2) is 18.2 Å². The molecule has 1 aromatic carbocycles. The van der Waals surface area contributed by atoms with E-state index in [1.807, 2.05) is 39.0 Å². The van der Waals surface area contributed by atoms with E-state index in [-0.39, 0.29) is 0 Å². The molecule has 0 radical (unpaired) electrons. The van der Waals surface area contributed by atoms with E-state index in [1.54, 1.807) is 0 Å². The Morgan fingerprint density at radius 3 is 2.50 bits per heavy atom. The van der Waals surface area contributed by atoms with E-state index in [4.69, 9.17) is 14.7 Å². The highest BCUT2D eigenvalue weighted by atomic mass is 32.1. The van der Waals surface area contributed by atoms with Crippen LogP contribution in [0.25, 0.3) is 10.6 Å². The summed E-state index contributed by atoms with van der Waals surface area (Å²) < 4.78 is 11.1. The van der Waals surface area contributed by atoms with E-state index in [2.05, 4.69) is 11.1 Å². The molecule has 0 aliphatic heterocycles. The normalized spacial score (nSPS) is 10.1. The molecule has 4 nitrogen and oxygen atoms in total. The summed E-state index contributed by atoms with van der Waals surface area (Å²) in [5.74, 6) is 1.44. The molecule has 5 heteroatoms. The van der Waals surface area contributed by atoms with Gasteiger partial charge in [0.15, 0.2) is 11.5 Å². The smallest absolute Gasteiger partial charge is 0.161 e. The molecule has 1 aromatic heterocycles. The fourth-order valence-electron chi connectivity index (χ4n) is 1.81. The highest BCUT2D eigenvalue weighted by molar-refractivity contribution is 7.15. The van der Waals surface area contributed by atoms with Gasteiger partial charge >= 0.3 is 0 Å². The van der Waals surface area contributed by atoms with Crippen LogP contribution in [0.4, 0.5) is 0 Å². The molecular formula is C15H16N2O2S. The Morgan fingerprint density at radius 2 is 1.90 bits per heavy atom. The molecule has 0 unspecified atom stereocenters. The predicted molar refractivity (Wildman–Crippen MR) is 79.3 cm³/mol. The van der Waals surface area contributed by atoms with Gasteiger partial charge in [-0.05, 0) is 39.0 Å². The number of rotatable bonds is 5. The lowest BCUT2D eigenvalue weighted by atomic mass is 10.2. The molecule has 0 bridgehead atoms. The van der Waals surface area contributed by atoms with E-state index in [9.17, 15) is 0 Å². The summed E-state index contributed by atoms with van der Waals surface area (Å²) in [6.07, 6.45) is 0. The van der Waals surface area contributed by atoms with Gasteiger partial charge in [-0.25, -0.2) is 4.98 Å². The van der Waals surface area contributed by atoms with Crippen molar-refractivity contribution in [2.24, 2.45) is 0 Å². The molecule has 20 heavy (non-hydrogen) atoms. The predicted octanol–water partition coefficient (Wildman–Crippen LogP) is 3.79. The fraction of sp³-hybridized carbons (Fsp3) is 0.333. The molecule has 0 spiro atoms. The second-order valence-electron chi connectivity index (χ2n) is 4.07. The third-order valence-electron chi connectivity index (χ3n) is 2.69. The van der Waals surface area contributed by atoms with Crippen LogP contribution in [0, 0.1) is 18.3 Å². The maximum absolute atomic E-state index is 9.01. The minimum atomic E-state index is 0.573. The first-order valence-corrected chi connectivity index (χ1v) is 7.28. The lowest BCUT2D eigenvalue weighted by molar-refractivity contribution is 0.288. The van der Waals surface area contributed by atoms with Crippen molar-refractivity contribution < 1.29 is 9.47 Å². The van der Waals surface area contributed by atoms with Gasteiger partial charge in [-0.15, -0.1) is 11.3 Å². The molecule has 0 N–H and O–H groups in total. The average molecular weight is 288 g/mol. The number of ether oxygens (including phenoxy) is 2. The molecule has 1 heterocycles. The molecule has 0 atom stereocenters. The first kappa shape index (κ1) is 14.4. The van der Waals surface area contributed by atoms with Crippen LogP contribution < -0.4 is 9.47 Å². The highest BCUT2D eigenvalue weighted by Crippen LogP contribution is 2.35. The van der Waals surface area contributed by atoms with Crippen molar-refractivity contribution >= 4 is 11.3 Å². The van der Waals surface area contributed by atoms with Crippen LogP contribution in [0.3, 0.4) is 0 Å². The topological polar surface area (TPSA) is 55.1 Å². The van der Waals surface area contributed by atoms with Crippen molar-refractivity contribution in [3.05, 3.63) is 28.8 Å². The Balaban J connectivity index is 2.41. The van der Waals surface area contributed by atoms with Crippen molar-refractivity contribution in [3.63, 3.8) is 0 Å². The first-order chi connectivity index (χ1) is 9.69. The maximum atomic E-state index is 9.01. The van der Waals surface area contributed by atoms with Gasteiger partial charge in [-0.3, -0.25) is 0 Å². The SMILES string of the molecule is CCOc1ccc(-c2nc(C)c(C#N)s2)cc1OCC. The Bertz CT molecular complexity index is 644. The van der Waals surface area contributed by atoms with Crippen LogP contribution >= 0.6 is 11.3 Å². The van der Waals surface area contributed by atoms with Crippen molar-refractivity contribution in [1.82, 2.24) is 4.98 Å². The molecule has 2 aromatic rings. The summed E-state index contributed by atoms with van der Waals surface area (Å²) in [4.78, 5) is 5.07. The largest absolute Gasteiger partial charge is 0.490 e. The van der Waals surface area contributed by atoms with E-state index in [0.29, 0.717) is 23.8 Å². The summed E-state index contributed by atoms with van der Waals surface area (Å²) in [5.41, 5.74) is 1.70. The number of aryl methyl sites for hydroxylation is 1. The van der Waals surface area contributed by atoms with Crippen LogP contribution in [0.15, 0.2) is 18.2 Å². The Labute approximate surface area is 122 Å². The quantitative estimate of drug-likeness (QED) is 0.840. The number of aromatic nitrogens is 1. The highest BCUT2D eigenvalue weighted by Gasteiger charge is 2.12. The zero-order valence-corrected chi connectivity index (χ0v) is 12.6. The van der Waals surface area contributed by atoms with Gasteiger partial charge in [0.2, 0.25) is 0 Å². The van der Waals surface area contributed by atoms with Crippen LogP contribution in [0.1, 0.15) is 24.4 Å². The first-order valence-electron chi connectivity index (χ1n) is 6.47. The molecule has 2 rings (SSSR count). The minimum Gasteiger partial charge on any atom is -0.490 e. The van der Waals surface area contributed by atoms with Gasteiger partial charge in [0, 0.05) is 5.56 Å². The molecule has 0 saturated heterocycles. The van der Waals surface area contributed by atoms with Crippen LogP contribution in [0.2, 0.25) is 0 Å². The lowest BCUT2D eigenvalue weighted by Gasteiger charge is -2.11. The molecule has 0 saturated carbocycles. The van der Waals surface area contributed by atoms with E-state index in [1.165, 1.54) is 11.3 Å². The second-order valence-corrected chi connectivity index (χ2v) is 5.07. The van der Waals surface area contributed by atoms with Crippen molar-refractivity contribution in [3.8, 4) is 28.1 Å². The summed E-state index contributed by atoms with van der Waals surface area (Å²) in [6.45, 7) is 6.88. The monoisotopic (exact) mass is 288 g/mol. The molecule has 0 amide bonds. The Hall–Kier alpha value is -2.06. The van der Waals surface area contributed by atoms with E-state index < -0.39 is 0 Å².